The van der Waals surface area contributed by atoms with Gasteiger partial charge in [-0.25, -0.2) is 0 Å². The van der Waals surface area contributed by atoms with Crippen molar-refractivity contribution in [2.75, 3.05) is 19.7 Å². The van der Waals surface area contributed by atoms with E-state index in [0.717, 1.165) is 50.8 Å². The fourth-order valence-corrected chi connectivity index (χ4v) is 3.75. The van der Waals surface area contributed by atoms with Crippen LogP contribution in [0.4, 0.5) is 0 Å². The monoisotopic (exact) mass is 329 g/mol. The first-order chi connectivity index (χ1) is 11.7. The molecule has 3 rings (SSSR count). The van der Waals surface area contributed by atoms with Gasteiger partial charge in [0.2, 0.25) is 0 Å². The number of likely N-dealkylation sites (tertiary alicyclic amines) is 1. The second-order valence-electron chi connectivity index (χ2n) is 7.03. The third-order valence-corrected chi connectivity index (χ3v) is 5.46. The van der Waals surface area contributed by atoms with Crippen molar-refractivity contribution >= 4 is 11.9 Å². The van der Waals surface area contributed by atoms with E-state index in [2.05, 4.69) is 0 Å². The lowest BCUT2D eigenvalue weighted by Gasteiger charge is -2.39. The SMILES string of the molecule is O=C(COC(=O)C1(c2ccccc2)CCC1)N1CCCCCCC1. The molecule has 1 aromatic rings. The number of carbonyl (C=O) groups is 2. The van der Waals surface area contributed by atoms with Crippen molar-refractivity contribution in [3.63, 3.8) is 0 Å². The summed E-state index contributed by atoms with van der Waals surface area (Å²) >= 11 is 0. The number of hydrogen-bond acceptors (Lipinski definition) is 3. The predicted octanol–water partition coefficient (Wildman–Crippen LogP) is 3.44. The quantitative estimate of drug-likeness (QED) is 0.795. The zero-order valence-electron chi connectivity index (χ0n) is 14.3. The average Bonchev–Trinajstić information content (AvgIpc) is 2.52. The van der Waals surface area contributed by atoms with Crippen LogP contribution in [0.2, 0.25) is 0 Å². The second-order valence-corrected chi connectivity index (χ2v) is 7.03. The lowest BCUT2D eigenvalue weighted by atomic mass is 9.64. The summed E-state index contributed by atoms with van der Waals surface area (Å²) in [6.07, 6.45) is 8.38. The molecule has 1 aliphatic carbocycles. The molecule has 4 nitrogen and oxygen atoms in total. The van der Waals surface area contributed by atoms with Gasteiger partial charge in [-0.3, -0.25) is 9.59 Å². The third-order valence-electron chi connectivity index (χ3n) is 5.46. The third kappa shape index (κ3) is 3.63. The minimum atomic E-state index is -0.530. The Morgan fingerprint density at radius 3 is 2.12 bits per heavy atom. The highest BCUT2D eigenvalue weighted by Crippen LogP contribution is 2.44. The second kappa shape index (κ2) is 7.82. The maximum Gasteiger partial charge on any atom is 0.317 e. The van der Waals surface area contributed by atoms with Crippen molar-refractivity contribution in [1.82, 2.24) is 4.90 Å². The van der Waals surface area contributed by atoms with Crippen LogP contribution in [0, 0.1) is 0 Å². The van der Waals surface area contributed by atoms with E-state index in [-0.39, 0.29) is 18.5 Å². The predicted molar refractivity (Wildman–Crippen MR) is 92.6 cm³/mol. The number of rotatable bonds is 4. The molecule has 0 N–H and O–H groups in total. The van der Waals surface area contributed by atoms with Crippen LogP contribution in [0.5, 0.6) is 0 Å². The molecule has 1 heterocycles. The van der Waals surface area contributed by atoms with Crippen molar-refractivity contribution in [1.29, 1.82) is 0 Å². The van der Waals surface area contributed by atoms with E-state index in [9.17, 15) is 9.59 Å². The lowest BCUT2D eigenvalue weighted by Crippen LogP contribution is -2.45. The van der Waals surface area contributed by atoms with E-state index in [4.69, 9.17) is 4.74 Å². The van der Waals surface area contributed by atoms with Gasteiger partial charge in [-0.2, -0.15) is 0 Å². The standard InChI is InChI=1S/C20H27NO3/c22-18(21-14-7-2-1-3-8-15-21)16-24-19(23)20(12-9-13-20)17-10-5-4-6-11-17/h4-6,10-11H,1-3,7-9,12-16H2. The Kier molecular flexibility index (Phi) is 5.54. The van der Waals surface area contributed by atoms with E-state index < -0.39 is 5.41 Å². The van der Waals surface area contributed by atoms with Crippen LogP contribution in [-0.2, 0) is 19.7 Å². The highest BCUT2D eigenvalue weighted by atomic mass is 16.5. The molecule has 24 heavy (non-hydrogen) atoms. The van der Waals surface area contributed by atoms with Gasteiger partial charge in [0.05, 0.1) is 5.41 Å². The number of carbonyl (C=O) groups excluding carboxylic acids is 2. The summed E-state index contributed by atoms with van der Waals surface area (Å²) in [5.74, 6) is -0.284. The molecule has 0 bridgehead atoms. The van der Waals surface area contributed by atoms with Gasteiger partial charge < -0.3 is 9.64 Å². The van der Waals surface area contributed by atoms with E-state index >= 15 is 0 Å². The number of benzene rings is 1. The molecular formula is C20H27NO3. The van der Waals surface area contributed by atoms with Crippen molar-refractivity contribution in [2.45, 2.75) is 56.8 Å². The van der Waals surface area contributed by atoms with Gasteiger partial charge in [-0.05, 0) is 31.2 Å². The Morgan fingerprint density at radius 1 is 0.917 bits per heavy atom. The first-order valence-corrected chi connectivity index (χ1v) is 9.23. The number of amides is 1. The fraction of sp³-hybridized carbons (Fsp3) is 0.600. The summed E-state index contributed by atoms with van der Waals surface area (Å²) in [4.78, 5) is 26.9. The van der Waals surface area contributed by atoms with Crippen molar-refractivity contribution in [3.8, 4) is 0 Å². The zero-order valence-corrected chi connectivity index (χ0v) is 14.3. The van der Waals surface area contributed by atoms with Gasteiger partial charge in [0.15, 0.2) is 6.61 Å². The minimum Gasteiger partial charge on any atom is -0.455 e. The molecule has 1 saturated carbocycles. The summed E-state index contributed by atoms with van der Waals surface area (Å²) in [7, 11) is 0. The largest absolute Gasteiger partial charge is 0.455 e. The first-order valence-electron chi connectivity index (χ1n) is 9.23. The number of nitrogens with zero attached hydrogens (tertiary/aromatic N) is 1. The van der Waals surface area contributed by atoms with Gasteiger partial charge in [-0.15, -0.1) is 0 Å². The van der Waals surface area contributed by atoms with Gasteiger partial charge >= 0.3 is 5.97 Å². The maximum atomic E-state index is 12.7. The molecule has 1 amide bonds. The molecule has 0 atom stereocenters. The molecule has 0 unspecified atom stereocenters. The van der Waals surface area contributed by atoms with Gasteiger partial charge in [0.25, 0.3) is 5.91 Å². The van der Waals surface area contributed by atoms with Crippen LogP contribution in [0.15, 0.2) is 30.3 Å². The highest BCUT2D eigenvalue weighted by molar-refractivity contribution is 5.87. The molecular weight excluding hydrogens is 302 g/mol. The smallest absolute Gasteiger partial charge is 0.317 e. The normalized spacial score (nSPS) is 20.4. The molecule has 0 aromatic heterocycles. The van der Waals surface area contributed by atoms with Gasteiger partial charge in [-0.1, -0.05) is 56.0 Å². The topological polar surface area (TPSA) is 46.6 Å². The minimum absolute atomic E-state index is 0.0483. The van der Waals surface area contributed by atoms with Crippen LogP contribution >= 0.6 is 0 Å². The number of hydrogen-bond donors (Lipinski definition) is 0. The van der Waals surface area contributed by atoms with Gasteiger partial charge in [0.1, 0.15) is 0 Å². The summed E-state index contributed by atoms with van der Waals surface area (Å²) in [6, 6.07) is 9.83. The van der Waals surface area contributed by atoms with Crippen molar-refractivity contribution in [3.05, 3.63) is 35.9 Å². The first kappa shape index (κ1) is 17.0. The molecule has 0 radical (unpaired) electrons. The highest BCUT2D eigenvalue weighted by Gasteiger charge is 2.47. The summed E-state index contributed by atoms with van der Waals surface area (Å²) < 4.78 is 5.46. The van der Waals surface area contributed by atoms with E-state index in [1.165, 1.54) is 19.3 Å². The number of esters is 1. The Hall–Kier alpha value is -1.84. The fourth-order valence-electron chi connectivity index (χ4n) is 3.75. The average molecular weight is 329 g/mol. The van der Waals surface area contributed by atoms with Crippen molar-refractivity contribution in [2.24, 2.45) is 0 Å². The van der Waals surface area contributed by atoms with Gasteiger partial charge in [0, 0.05) is 13.1 Å². The maximum absolute atomic E-state index is 12.7. The van der Waals surface area contributed by atoms with Crippen LogP contribution in [0.1, 0.15) is 56.9 Å². The molecule has 4 heteroatoms. The Morgan fingerprint density at radius 2 is 1.54 bits per heavy atom. The number of ether oxygens (including phenoxy) is 1. The van der Waals surface area contributed by atoms with Crippen LogP contribution in [0.3, 0.4) is 0 Å². The Balaban J connectivity index is 1.57. The molecule has 2 fully saturated rings. The molecule has 0 spiro atoms. The summed E-state index contributed by atoms with van der Waals surface area (Å²) in [6.45, 7) is 1.47. The Labute approximate surface area is 144 Å². The lowest BCUT2D eigenvalue weighted by molar-refractivity contribution is -0.160. The van der Waals surface area contributed by atoms with Crippen molar-refractivity contribution < 1.29 is 14.3 Å². The zero-order chi connectivity index (χ0) is 16.8. The summed E-state index contributed by atoms with van der Waals surface area (Å²) in [5.41, 5.74) is 0.484. The van der Waals surface area contributed by atoms with E-state index in [0.29, 0.717) is 0 Å². The van der Waals surface area contributed by atoms with Crippen LogP contribution in [0.25, 0.3) is 0 Å². The molecule has 1 aromatic carbocycles. The van der Waals surface area contributed by atoms with E-state index in [1.54, 1.807) is 0 Å². The van der Waals surface area contributed by atoms with E-state index in [1.807, 2.05) is 35.2 Å². The summed E-state index contributed by atoms with van der Waals surface area (Å²) in [5, 5.41) is 0. The molecule has 2 aliphatic rings. The van der Waals surface area contributed by atoms with Crippen LogP contribution in [-0.4, -0.2) is 36.5 Å². The van der Waals surface area contributed by atoms with Crippen LogP contribution < -0.4 is 0 Å². The molecule has 1 aliphatic heterocycles. The molecule has 1 saturated heterocycles. The Bertz CT molecular complexity index is 558. The molecule has 130 valence electrons.